The van der Waals surface area contributed by atoms with Crippen LogP contribution in [-0.4, -0.2) is 52.1 Å². The predicted molar refractivity (Wildman–Crippen MR) is 153 cm³/mol. The lowest BCUT2D eigenvalue weighted by Crippen LogP contribution is -2.30. The molecule has 41 heavy (non-hydrogen) atoms. The normalized spacial score (nSPS) is 16.5. The number of carboxylic acids is 1. The van der Waals surface area contributed by atoms with Crippen molar-refractivity contribution in [3.05, 3.63) is 88.0 Å². The number of anilines is 1. The molecule has 10 heteroatoms. The van der Waals surface area contributed by atoms with Crippen molar-refractivity contribution in [1.29, 1.82) is 0 Å². The van der Waals surface area contributed by atoms with Crippen LogP contribution in [0.25, 0.3) is 16.8 Å². The first kappa shape index (κ1) is 27.4. The SMILES string of the molecule is COc1ccc(C2/C(=C(\O)c3cc(C(C)C)c(OC)cc3C)C(=O)C(=O)N2c2nc3ccc(C(=O)O)cc3[nH]2)cc1. The zero-order chi connectivity index (χ0) is 29.6. The molecule has 1 saturated heterocycles. The molecule has 2 heterocycles. The highest BCUT2D eigenvalue weighted by Gasteiger charge is 2.48. The summed E-state index contributed by atoms with van der Waals surface area (Å²) in [5.41, 5.74) is 3.16. The second-order valence-electron chi connectivity index (χ2n) is 10.1. The number of methoxy groups -OCH3 is 2. The number of imidazole rings is 1. The molecule has 1 aromatic heterocycles. The Bertz CT molecular complexity index is 1730. The Labute approximate surface area is 235 Å². The number of carboxylic acid groups (broad SMARTS) is 1. The van der Waals surface area contributed by atoms with E-state index >= 15 is 0 Å². The largest absolute Gasteiger partial charge is 0.507 e. The number of fused-ring (bicyclic) bond motifs is 1. The van der Waals surface area contributed by atoms with Gasteiger partial charge in [0.2, 0.25) is 5.95 Å². The van der Waals surface area contributed by atoms with Crippen molar-refractivity contribution in [3.8, 4) is 11.5 Å². The number of benzene rings is 3. The Morgan fingerprint density at radius 1 is 1.00 bits per heavy atom. The second-order valence-corrected chi connectivity index (χ2v) is 10.1. The molecule has 0 bridgehead atoms. The number of aromatic nitrogens is 2. The van der Waals surface area contributed by atoms with Crippen molar-refractivity contribution in [2.24, 2.45) is 0 Å². The number of aliphatic hydroxyl groups is 1. The number of rotatable bonds is 7. The fourth-order valence-corrected chi connectivity index (χ4v) is 5.12. The number of nitrogens with one attached hydrogen (secondary N) is 1. The van der Waals surface area contributed by atoms with E-state index in [0.29, 0.717) is 39.2 Å². The number of aliphatic hydroxyl groups excluding tert-OH is 1. The topological polar surface area (TPSA) is 142 Å². The third kappa shape index (κ3) is 4.67. The van der Waals surface area contributed by atoms with Gasteiger partial charge in [-0.05, 0) is 72.0 Å². The van der Waals surface area contributed by atoms with Gasteiger partial charge in [-0.2, -0.15) is 0 Å². The average Bonchev–Trinajstić information content (AvgIpc) is 3.49. The quantitative estimate of drug-likeness (QED) is 0.158. The number of Topliss-reactive ketones (excluding diaryl/α,β-unsaturated/α-hetero) is 1. The molecule has 4 aromatic rings. The number of aromatic amines is 1. The van der Waals surface area contributed by atoms with E-state index in [9.17, 15) is 24.6 Å². The van der Waals surface area contributed by atoms with Crippen molar-refractivity contribution >= 4 is 40.4 Å². The minimum Gasteiger partial charge on any atom is -0.507 e. The molecule has 1 aliphatic heterocycles. The van der Waals surface area contributed by atoms with Crippen molar-refractivity contribution < 1.29 is 34.1 Å². The first-order valence-corrected chi connectivity index (χ1v) is 12.9. The van der Waals surface area contributed by atoms with Crippen LogP contribution in [0.5, 0.6) is 11.5 Å². The Hall–Kier alpha value is -5.12. The van der Waals surface area contributed by atoms with Crippen LogP contribution in [0, 0.1) is 6.92 Å². The van der Waals surface area contributed by atoms with E-state index in [4.69, 9.17) is 9.47 Å². The summed E-state index contributed by atoms with van der Waals surface area (Å²) in [7, 11) is 3.10. The van der Waals surface area contributed by atoms with Crippen molar-refractivity contribution in [1.82, 2.24) is 9.97 Å². The number of ketones is 1. The Morgan fingerprint density at radius 2 is 1.71 bits per heavy atom. The smallest absolute Gasteiger partial charge is 0.335 e. The molecule has 1 amide bonds. The van der Waals surface area contributed by atoms with Crippen LogP contribution in [0.3, 0.4) is 0 Å². The maximum atomic E-state index is 13.6. The predicted octanol–water partition coefficient (Wildman–Crippen LogP) is 5.34. The van der Waals surface area contributed by atoms with Gasteiger partial charge in [-0.1, -0.05) is 26.0 Å². The fourth-order valence-electron chi connectivity index (χ4n) is 5.12. The number of hydrogen-bond donors (Lipinski definition) is 3. The molecule has 210 valence electrons. The van der Waals surface area contributed by atoms with Gasteiger partial charge in [-0.15, -0.1) is 0 Å². The van der Waals surface area contributed by atoms with E-state index in [-0.39, 0.29) is 28.8 Å². The number of nitrogens with zero attached hydrogens (tertiary/aromatic N) is 2. The molecular formula is C31H29N3O7. The molecule has 0 radical (unpaired) electrons. The zero-order valence-electron chi connectivity index (χ0n) is 23.2. The Kier molecular flexibility index (Phi) is 7.00. The van der Waals surface area contributed by atoms with Gasteiger partial charge in [0.05, 0.1) is 42.4 Å². The molecule has 0 saturated carbocycles. The molecule has 1 aliphatic rings. The number of carbonyl (C=O) groups is 3. The van der Waals surface area contributed by atoms with Gasteiger partial charge in [0.1, 0.15) is 17.3 Å². The number of carbonyl (C=O) groups excluding carboxylic acids is 2. The number of ether oxygens (including phenoxy) is 2. The highest BCUT2D eigenvalue weighted by atomic mass is 16.5. The first-order chi connectivity index (χ1) is 19.5. The highest BCUT2D eigenvalue weighted by Crippen LogP contribution is 2.43. The molecule has 1 atom stereocenters. The van der Waals surface area contributed by atoms with Gasteiger partial charge in [0, 0.05) is 5.56 Å². The molecule has 10 nitrogen and oxygen atoms in total. The van der Waals surface area contributed by atoms with E-state index in [1.54, 1.807) is 50.4 Å². The molecule has 3 aromatic carbocycles. The lowest BCUT2D eigenvalue weighted by atomic mass is 9.91. The lowest BCUT2D eigenvalue weighted by Gasteiger charge is -2.23. The summed E-state index contributed by atoms with van der Waals surface area (Å²) in [6, 6.07) is 13.7. The van der Waals surface area contributed by atoms with E-state index in [0.717, 1.165) is 5.56 Å². The highest BCUT2D eigenvalue weighted by molar-refractivity contribution is 6.51. The van der Waals surface area contributed by atoms with E-state index in [1.807, 2.05) is 13.8 Å². The van der Waals surface area contributed by atoms with Gasteiger partial charge >= 0.3 is 11.9 Å². The minimum atomic E-state index is -1.11. The van der Waals surface area contributed by atoms with Crippen LogP contribution in [-0.2, 0) is 9.59 Å². The van der Waals surface area contributed by atoms with Crippen LogP contribution in [0.2, 0.25) is 0 Å². The van der Waals surface area contributed by atoms with Gasteiger partial charge in [0.25, 0.3) is 5.78 Å². The van der Waals surface area contributed by atoms with Crippen LogP contribution < -0.4 is 14.4 Å². The van der Waals surface area contributed by atoms with Crippen molar-refractivity contribution in [2.75, 3.05) is 19.1 Å². The van der Waals surface area contributed by atoms with E-state index in [1.165, 1.54) is 30.2 Å². The van der Waals surface area contributed by atoms with Gasteiger partial charge in [-0.3, -0.25) is 14.5 Å². The van der Waals surface area contributed by atoms with E-state index < -0.39 is 23.7 Å². The molecule has 1 unspecified atom stereocenters. The zero-order valence-corrected chi connectivity index (χ0v) is 23.2. The summed E-state index contributed by atoms with van der Waals surface area (Å²) in [5, 5.41) is 21.1. The number of hydrogen-bond acceptors (Lipinski definition) is 7. The summed E-state index contributed by atoms with van der Waals surface area (Å²) >= 11 is 0. The molecule has 3 N–H and O–H groups in total. The molecule has 0 spiro atoms. The summed E-state index contributed by atoms with van der Waals surface area (Å²) < 4.78 is 10.8. The first-order valence-electron chi connectivity index (χ1n) is 12.9. The van der Waals surface area contributed by atoms with Gasteiger partial charge < -0.3 is 24.7 Å². The van der Waals surface area contributed by atoms with Crippen molar-refractivity contribution in [3.63, 3.8) is 0 Å². The average molecular weight is 556 g/mol. The molecule has 0 aliphatic carbocycles. The van der Waals surface area contributed by atoms with Gasteiger partial charge in [-0.25, -0.2) is 9.78 Å². The number of amides is 1. The van der Waals surface area contributed by atoms with Crippen molar-refractivity contribution in [2.45, 2.75) is 32.7 Å². The van der Waals surface area contributed by atoms with Crippen LogP contribution in [0.1, 0.15) is 58.4 Å². The maximum Gasteiger partial charge on any atom is 0.335 e. The molecule has 1 fully saturated rings. The number of aromatic carboxylic acids is 1. The van der Waals surface area contributed by atoms with E-state index in [2.05, 4.69) is 9.97 Å². The minimum absolute atomic E-state index is 0.0393. The standard InChI is InChI=1S/C31H29N3O7/c1-15(2)20-14-21(16(3)12-24(20)41-5)27(35)25-26(17-6-9-19(40-4)10-7-17)34(29(37)28(25)36)31-32-22-11-8-18(30(38)39)13-23(22)33-31/h6-15,26,35H,1-5H3,(H,32,33)(H,38,39)/b27-25+. The summed E-state index contributed by atoms with van der Waals surface area (Å²) in [6.45, 7) is 5.77. The molecular weight excluding hydrogens is 526 g/mol. The fraction of sp³-hybridized carbons (Fsp3) is 0.226. The summed E-state index contributed by atoms with van der Waals surface area (Å²) in [6.07, 6.45) is 0. The summed E-state index contributed by atoms with van der Waals surface area (Å²) in [5.74, 6) is -1.87. The summed E-state index contributed by atoms with van der Waals surface area (Å²) in [4.78, 5) is 47.4. The third-order valence-electron chi connectivity index (χ3n) is 7.27. The van der Waals surface area contributed by atoms with Crippen LogP contribution >= 0.6 is 0 Å². The number of H-pyrrole nitrogens is 1. The van der Waals surface area contributed by atoms with Crippen LogP contribution in [0.15, 0.2) is 60.2 Å². The Morgan fingerprint density at radius 3 is 2.32 bits per heavy atom. The lowest BCUT2D eigenvalue weighted by molar-refractivity contribution is -0.132. The number of aryl methyl sites for hydroxylation is 1. The maximum absolute atomic E-state index is 13.6. The van der Waals surface area contributed by atoms with Gasteiger partial charge in [0.15, 0.2) is 0 Å². The molecule has 5 rings (SSSR count). The monoisotopic (exact) mass is 555 g/mol. The second kappa shape index (κ2) is 10.5. The Balaban J connectivity index is 1.74. The third-order valence-corrected chi connectivity index (χ3v) is 7.27. The van der Waals surface area contributed by atoms with Crippen LogP contribution in [0.4, 0.5) is 5.95 Å².